The summed E-state index contributed by atoms with van der Waals surface area (Å²) < 4.78 is 7.78. The van der Waals surface area contributed by atoms with Gasteiger partial charge in [-0.25, -0.2) is 15.0 Å². The highest BCUT2D eigenvalue weighted by Crippen LogP contribution is 2.35. The van der Waals surface area contributed by atoms with E-state index in [2.05, 4.69) is 31.5 Å². The van der Waals surface area contributed by atoms with Gasteiger partial charge in [0.1, 0.15) is 17.6 Å². The summed E-state index contributed by atoms with van der Waals surface area (Å²) in [5.74, 6) is 2.72. The van der Waals surface area contributed by atoms with Gasteiger partial charge in [0.2, 0.25) is 5.95 Å². The van der Waals surface area contributed by atoms with Crippen molar-refractivity contribution < 1.29 is 4.74 Å². The standard InChI is InChI=1S/C26H29N9O/c1-5-36-21-13-18(23-33-29-16-34(23)4)6-7-20(21)31-25-28-14-19-12-17(2)30-24(22(19)32-25)35-10-8-26(3,15-27)9-11-35/h6-7,12-14,16H,5,8-11H2,1-4H3,(H,28,31,32). The van der Waals surface area contributed by atoms with Gasteiger partial charge in [0.05, 0.1) is 23.8 Å². The van der Waals surface area contributed by atoms with Crippen LogP contribution in [0.2, 0.25) is 0 Å². The molecule has 0 spiro atoms. The zero-order valence-corrected chi connectivity index (χ0v) is 21.0. The molecule has 0 radical (unpaired) electrons. The van der Waals surface area contributed by atoms with Gasteiger partial charge in [0.15, 0.2) is 11.6 Å². The number of nitrogens with one attached hydrogen (secondary N) is 1. The maximum Gasteiger partial charge on any atom is 0.227 e. The summed E-state index contributed by atoms with van der Waals surface area (Å²) in [6, 6.07) is 10.3. The van der Waals surface area contributed by atoms with Gasteiger partial charge in [0, 0.05) is 43.0 Å². The molecule has 36 heavy (non-hydrogen) atoms. The van der Waals surface area contributed by atoms with Crippen LogP contribution in [0.5, 0.6) is 5.75 Å². The van der Waals surface area contributed by atoms with E-state index in [4.69, 9.17) is 14.7 Å². The average Bonchev–Trinajstić information content (AvgIpc) is 3.31. The van der Waals surface area contributed by atoms with Crippen molar-refractivity contribution in [3.8, 4) is 23.2 Å². The molecule has 1 saturated heterocycles. The van der Waals surface area contributed by atoms with Crippen molar-refractivity contribution in [2.75, 3.05) is 29.9 Å². The van der Waals surface area contributed by atoms with Crippen LogP contribution in [-0.4, -0.2) is 49.4 Å². The Balaban J connectivity index is 1.48. The molecule has 4 aromatic rings. The molecule has 5 rings (SSSR count). The number of ether oxygens (including phenoxy) is 1. The quantitative estimate of drug-likeness (QED) is 0.426. The molecule has 1 N–H and O–H groups in total. The van der Waals surface area contributed by atoms with E-state index in [0.717, 1.165) is 65.4 Å². The number of nitriles is 1. The Hall–Kier alpha value is -4.26. The van der Waals surface area contributed by atoms with Gasteiger partial charge < -0.3 is 19.5 Å². The topological polar surface area (TPSA) is 118 Å². The van der Waals surface area contributed by atoms with Gasteiger partial charge in [-0.15, -0.1) is 10.2 Å². The number of benzene rings is 1. The highest BCUT2D eigenvalue weighted by atomic mass is 16.5. The van der Waals surface area contributed by atoms with Crippen molar-refractivity contribution in [3.63, 3.8) is 0 Å². The summed E-state index contributed by atoms with van der Waals surface area (Å²) in [7, 11) is 1.90. The number of aryl methyl sites for hydroxylation is 2. The molecule has 1 aromatic carbocycles. The summed E-state index contributed by atoms with van der Waals surface area (Å²) in [5.41, 5.74) is 3.07. The summed E-state index contributed by atoms with van der Waals surface area (Å²) in [4.78, 5) is 16.5. The number of fused-ring (bicyclic) bond motifs is 1. The largest absolute Gasteiger partial charge is 0.492 e. The van der Waals surface area contributed by atoms with Gasteiger partial charge in [-0.05, 0) is 57.9 Å². The fraction of sp³-hybridized carbons (Fsp3) is 0.385. The number of nitrogens with zero attached hydrogens (tertiary/aromatic N) is 8. The minimum atomic E-state index is -0.287. The second-order valence-corrected chi connectivity index (χ2v) is 9.41. The number of anilines is 3. The van der Waals surface area contributed by atoms with Gasteiger partial charge in [-0.2, -0.15) is 5.26 Å². The van der Waals surface area contributed by atoms with Gasteiger partial charge >= 0.3 is 0 Å². The summed E-state index contributed by atoms with van der Waals surface area (Å²) >= 11 is 0. The molecule has 1 fully saturated rings. The van der Waals surface area contributed by atoms with Gasteiger partial charge in [-0.3, -0.25) is 0 Å². The Morgan fingerprint density at radius 3 is 2.69 bits per heavy atom. The zero-order chi connectivity index (χ0) is 25.3. The average molecular weight is 484 g/mol. The SMILES string of the molecule is CCOc1cc(-c2nncn2C)ccc1Nc1ncc2cc(C)nc(N3CCC(C)(C#N)CC3)c2n1. The lowest BCUT2D eigenvalue weighted by Gasteiger charge is -2.36. The number of piperidine rings is 1. The summed E-state index contributed by atoms with van der Waals surface area (Å²) in [6.45, 7) is 8.00. The maximum absolute atomic E-state index is 9.51. The first-order chi connectivity index (χ1) is 17.4. The molecule has 1 aliphatic rings. The molecular weight excluding hydrogens is 454 g/mol. The molecule has 3 aromatic heterocycles. The zero-order valence-electron chi connectivity index (χ0n) is 21.0. The smallest absolute Gasteiger partial charge is 0.227 e. The molecule has 0 amide bonds. The predicted octanol–water partition coefficient (Wildman–Crippen LogP) is 4.40. The minimum Gasteiger partial charge on any atom is -0.492 e. The first-order valence-electron chi connectivity index (χ1n) is 12.1. The first kappa shape index (κ1) is 23.5. The molecule has 10 heteroatoms. The van der Waals surface area contributed by atoms with E-state index in [1.54, 1.807) is 6.33 Å². The number of pyridine rings is 1. The molecule has 0 saturated carbocycles. The first-order valence-corrected chi connectivity index (χ1v) is 12.1. The molecule has 0 bridgehead atoms. The molecule has 0 unspecified atom stereocenters. The molecule has 1 aliphatic heterocycles. The van der Waals surface area contributed by atoms with Crippen LogP contribution in [0.4, 0.5) is 17.5 Å². The number of hydrogen-bond donors (Lipinski definition) is 1. The molecule has 10 nitrogen and oxygen atoms in total. The van der Waals surface area contributed by atoms with Crippen LogP contribution in [0.25, 0.3) is 22.3 Å². The monoisotopic (exact) mass is 483 g/mol. The third kappa shape index (κ3) is 4.52. The van der Waals surface area contributed by atoms with Crippen LogP contribution < -0.4 is 15.0 Å². The lowest BCUT2D eigenvalue weighted by atomic mass is 9.82. The van der Waals surface area contributed by atoms with Gasteiger partial charge in [0.25, 0.3) is 0 Å². The van der Waals surface area contributed by atoms with E-state index in [1.165, 1.54) is 0 Å². The fourth-order valence-electron chi connectivity index (χ4n) is 4.46. The Labute approximate surface area is 210 Å². The molecule has 0 aliphatic carbocycles. The lowest BCUT2D eigenvalue weighted by molar-refractivity contribution is 0.336. The summed E-state index contributed by atoms with van der Waals surface area (Å²) in [5, 5.41) is 21.9. The van der Waals surface area contributed by atoms with E-state index < -0.39 is 0 Å². The van der Waals surface area contributed by atoms with Crippen LogP contribution in [-0.2, 0) is 7.05 Å². The van der Waals surface area contributed by atoms with E-state index >= 15 is 0 Å². The molecular formula is C26H29N9O. The summed E-state index contributed by atoms with van der Waals surface area (Å²) in [6.07, 6.45) is 5.08. The van der Waals surface area contributed by atoms with Gasteiger partial charge in [-0.1, -0.05) is 0 Å². The predicted molar refractivity (Wildman–Crippen MR) is 138 cm³/mol. The Morgan fingerprint density at radius 1 is 1.19 bits per heavy atom. The third-order valence-electron chi connectivity index (χ3n) is 6.61. The molecule has 184 valence electrons. The second kappa shape index (κ2) is 9.41. The Bertz CT molecular complexity index is 1450. The van der Waals surface area contributed by atoms with Crippen molar-refractivity contribution in [2.45, 2.75) is 33.6 Å². The third-order valence-corrected chi connectivity index (χ3v) is 6.61. The van der Waals surface area contributed by atoms with Crippen LogP contribution in [0.15, 0.2) is 36.8 Å². The highest BCUT2D eigenvalue weighted by Gasteiger charge is 2.31. The van der Waals surface area contributed by atoms with E-state index in [0.29, 0.717) is 18.3 Å². The number of rotatable bonds is 6. The molecule has 0 atom stereocenters. The normalized spacial score (nSPS) is 15.0. The number of hydrogen-bond acceptors (Lipinski definition) is 9. The molecule has 4 heterocycles. The van der Waals surface area contributed by atoms with Crippen molar-refractivity contribution >= 4 is 28.4 Å². The second-order valence-electron chi connectivity index (χ2n) is 9.41. The van der Waals surface area contributed by atoms with Crippen LogP contribution in [0.1, 0.15) is 32.4 Å². The maximum atomic E-state index is 9.51. The highest BCUT2D eigenvalue weighted by molar-refractivity contribution is 5.89. The van der Waals surface area contributed by atoms with Crippen LogP contribution in [0.3, 0.4) is 0 Å². The van der Waals surface area contributed by atoms with Crippen molar-refractivity contribution in [1.82, 2.24) is 29.7 Å². The van der Waals surface area contributed by atoms with Crippen molar-refractivity contribution in [2.24, 2.45) is 12.5 Å². The van der Waals surface area contributed by atoms with Crippen molar-refractivity contribution in [3.05, 3.63) is 42.5 Å². The van der Waals surface area contributed by atoms with E-state index in [-0.39, 0.29) is 5.41 Å². The van der Waals surface area contributed by atoms with Crippen molar-refractivity contribution in [1.29, 1.82) is 5.26 Å². The Kier molecular flexibility index (Phi) is 6.14. The Morgan fingerprint density at radius 2 is 2.00 bits per heavy atom. The van der Waals surface area contributed by atoms with Crippen LogP contribution in [0, 0.1) is 23.7 Å². The minimum absolute atomic E-state index is 0.287. The lowest BCUT2D eigenvalue weighted by Crippen LogP contribution is -2.38. The van der Waals surface area contributed by atoms with Crippen LogP contribution >= 0.6 is 0 Å². The van der Waals surface area contributed by atoms with E-state index in [1.807, 2.05) is 62.8 Å². The number of aromatic nitrogens is 6. The fourth-order valence-corrected chi connectivity index (χ4v) is 4.46. The van der Waals surface area contributed by atoms with E-state index in [9.17, 15) is 5.26 Å².